The van der Waals surface area contributed by atoms with Crippen molar-refractivity contribution in [1.82, 2.24) is 0 Å². The Morgan fingerprint density at radius 2 is 0.522 bits per heavy atom. The van der Waals surface area contributed by atoms with Crippen molar-refractivity contribution in [1.29, 1.82) is 0 Å². The second-order valence-electron chi connectivity index (χ2n) is 28.0. The Bertz CT molecular complexity index is 1820. The Balaban J connectivity index is 5.16. The normalized spacial score (nSPS) is 14.5. The van der Waals surface area contributed by atoms with Crippen molar-refractivity contribution < 1.29 is 80.2 Å². The first kappa shape index (κ1) is 90.1. The maximum absolute atomic E-state index is 13.0. The highest BCUT2D eigenvalue weighted by atomic mass is 31.2. The summed E-state index contributed by atoms with van der Waals surface area (Å²) in [6.07, 6.45) is 46.1. The molecular formula is C73H142O17P2. The predicted octanol–water partition coefficient (Wildman–Crippen LogP) is 20.9. The van der Waals surface area contributed by atoms with Crippen LogP contribution >= 0.6 is 15.6 Å². The molecule has 546 valence electrons. The van der Waals surface area contributed by atoms with Gasteiger partial charge in [-0.1, -0.05) is 312 Å². The fourth-order valence-corrected chi connectivity index (χ4v) is 12.6. The molecule has 0 amide bonds. The summed E-state index contributed by atoms with van der Waals surface area (Å²) in [6, 6.07) is 0. The second-order valence-corrected chi connectivity index (χ2v) is 30.9. The van der Waals surface area contributed by atoms with E-state index in [9.17, 15) is 43.2 Å². The molecule has 0 aromatic carbocycles. The summed E-state index contributed by atoms with van der Waals surface area (Å²) in [5.74, 6) is 0.854. The molecule has 0 aliphatic heterocycles. The van der Waals surface area contributed by atoms with Gasteiger partial charge in [-0.05, 0) is 49.4 Å². The van der Waals surface area contributed by atoms with Crippen molar-refractivity contribution in [3.63, 3.8) is 0 Å². The van der Waals surface area contributed by atoms with Crippen molar-refractivity contribution in [2.75, 3.05) is 39.6 Å². The predicted molar refractivity (Wildman–Crippen MR) is 372 cm³/mol. The van der Waals surface area contributed by atoms with Gasteiger partial charge in [-0.2, -0.15) is 0 Å². The van der Waals surface area contributed by atoms with E-state index in [1.54, 1.807) is 0 Å². The Morgan fingerprint density at radius 1 is 0.304 bits per heavy atom. The summed E-state index contributed by atoms with van der Waals surface area (Å²) in [5, 5.41) is 10.6. The Kier molecular flexibility index (Phi) is 61.3. The van der Waals surface area contributed by atoms with E-state index in [-0.39, 0.29) is 25.7 Å². The minimum absolute atomic E-state index is 0.102. The van der Waals surface area contributed by atoms with Gasteiger partial charge in [0.05, 0.1) is 26.4 Å². The molecule has 0 spiro atoms. The van der Waals surface area contributed by atoms with E-state index in [2.05, 4.69) is 55.4 Å². The zero-order chi connectivity index (χ0) is 68.2. The van der Waals surface area contributed by atoms with E-state index in [1.807, 2.05) is 0 Å². The van der Waals surface area contributed by atoms with Gasteiger partial charge in [-0.25, -0.2) is 9.13 Å². The van der Waals surface area contributed by atoms with Crippen LogP contribution in [-0.4, -0.2) is 96.7 Å². The van der Waals surface area contributed by atoms with Gasteiger partial charge < -0.3 is 33.8 Å². The SMILES string of the molecule is CCC(C)CCCCCCCCCCCCCCCCC(=O)OC[C@H](COP(=O)(O)OC[C@@H](O)COP(=O)(O)OC[C@@H](COC(=O)CCCCCCCCC(C)C)OC(=O)CCCCCCCCCCCCCCCC(C)C)OC(=O)CCCCCCCCC(C)C. The van der Waals surface area contributed by atoms with E-state index in [0.717, 1.165) is 108 Å². The Hall–Kier alpha value is -1.94. The maximum Gasteiger partial charge on any atom is 0.472 e. The summed E-state index contributed by atoms with van der Waals surface area (Å²) in [5.41, 5.74) is 0. The molecule has 0 heterocycles. The van der Waals surface area contributed by atoms with Crippen molar-refractivity contribution >= 4 is 39.5 Å². The molecule has 17 nitrogen and oxygen atoms in total. The molecule has 0 aromatic rings. The van der Waals surface area contributed by atoms with E-state index >= 15 is 0 Å². The minimum Gasteiger partial charge on any atom is -0.462 e. The molecule has 6 atom stereocenters. The van der Waals surface area contributed by atoms with Crippen molar-refractivity contribution in [3.8, 4) is 0 Å². The van der Waals surface area contributed by atoms with Gasteiger partial charge >= 0.3 is 39.5 Å². The molecule has 92 heavy (non-hydrogen) atoms. The lowest BCUT2D eigenvalue weighted by Crippen LogP contribution is -2.30. The molecule has 19 heteroatoms. The summed E-state index contributed by atoms with van der Waals surface area (Å²) in [4.78, 5) is 72.6. The molecule has 0 radical (unpaired) electrons. The van der Waals surface area contributed by atoms with E-state index < -0.39 is 97.5 Å². The van der Waals surface area contributed by atoms with Crippen molar-refractivity contribution in [3.05, 3.63) is 0 Å². The van der Waals surface area contributed by atoms with Gasteiger partial charge in [0.1, 0.15) is 19.3 Å². The van der Waals surface area contributed by atoms with Crippen LogP contribution in [0, 0.1) is 23.7 Å². The number of carbonyl (C=O) groups excluding carboxylic acids is 4. The van der Waals surface area contributed by atoms with Crippen LogP contribution in [-0.2, 0) is 65.4 Å². The van der Waals surface area contributed by atoms with Gasteiger partial charge in [-0.15, -0.1) is 0 Å². The van der Waals surface area contributed by atoms with Crippen LogP contribution in [0.4, 0.5) is 0 Å². The lowest BCUT2D eigenvalue weighted by molar-refractivity contribution is -0.161. The number of aliphatic hydroxyl groups excluding tert-OH is 1. The quantitative estimate of drug-likeness (QED) is 0.0222. The molecule has 0 rings (SSSR count). The number of hydrogen-bond donors (Lipinski definition) is 3. The minimum atomic E-state index is -4.95. The van der Waals surface area contributed by atoms with Crippen molar-refractivity contribution in [2.24, 2.45) is 23.7 Å². The topological polar surface area (TPSA) is 237 Å². The molecule has 0 saturated carbocycles. The number of hydrogen-bond acceptors (Lipinski definition) is 15. The van der Waals surface area contributed by atoms with Crippen LogP contribution < -0.4 is 0 Å². The standard InChI is InChI=1S/C73H142O17P2/c1-9-66(8)52-44-36-26-22-18-14-10-11-15-19-23-27-37-45-53-70(75)83-59-69(90-73(78)56-48-40-32-30-35-43-51-65(6)7)62-88-92(81,82)86-58-67(74)57-85-91(79,80)87-61-68(60-84-71(76)54-46-38-31-29-34-42-50-64(4)5)89-72(77)55-47-39-28-24-20-16-12-13-17-21-25-33-41-49-63(2)3/h63-69,74H,9-62H2,1-8H3,(H,79,80)(H,81,82)/t66?,67-,68+,69+/m0/s1. The summed E-state index contributed by atoms with van der Waals surface area (Å²) in [7, 11) is -9.90. The number of aliphatic hydroxyl groups is 1. The molecular weight excluding hydrogens is 1210 g/mol. The van der Waals surface area contributed by atoms with Crippen LogP contribution in [0.25, 0.3) is 0 Å². The summed E-state index contributed by atoms with van der Waals surface area (Å²) < 4.78 is 68.3. The average molecular weight is 1350 g/mol. The summed E-state index contributed by atoms with van der Waals surface area (Å²) >= 11 is 0. The molecule has 0 aliphatic carbocycles. The van der Waals surface area contributed by atoms with Crippen LogP contribution in [0.2, 0.25) is 0 Å². The smallest absolute Gasteiger partial charge is 0.462 e. The molecule has 3 N–H and O–H groups in total. The Labute approximate surface area is 562 Å². The average Bonchev–Trinajstić information content (AvgIpc) is 2.47. The zero-order valence-corrected chi connectivity index (χ0v) is 62.0. The highest BCUT2D eigenvalue weighted by Gasteiger charge is 2.30. The number of esters is 4. The van der Waals surface area contributed by atoms with Gasteiger partial charge in [0.2, 0.25) is 0 Å². The zero-order valence-electron chi connectivity index (χ0n) is 60.2. The van der Waals surface area contributed by atoms with E-state index in [0.29, 0.717) is 37.5 Å². The third-order valence-corrected chi connectivity index (χ3v) is 19.1. The van der Waals surface area contributed by atoms with Gasteiger partial charge in [-0.3, -0.25) is 37.3 Å². The highest BCUT2D eigenvalue weighted by Crippen LogP contribution is 2.45. The van der Waals surface area contributed by atoms with Crippen LogP contribution in [0.5, 0.6) is 0 Å². The van der Waals surface area contributed by atoms with Crippen LogP contribution in [0.15, 0.2) is 0 Å². The summed E-state index contributed by atoms with van der Waals surface area (Å²) in [6.45, 7) is 14.1. The Morgan fingerprint density at radius 3 is 0.772 bits per heavy atom. The van der Waals surface area contributed by atoms with Gasteiger partial charge in [0.15, 0.2) is 12.2 Å². The van der Waals surface area contributed by atoms with E-state index in [1.165, 1.54) is 161 Å². The molecule has 0 bridgehead atoms. The molecule has 0 saturated heterocycles. The number of unbranched alkanes of at least 4 members (excludes halogenated alkanes) is 35. The van der Waals surface area contributed by atoms with Crippen LogP contribution in [0.3, 0.4) is 0 Å². The fraction of sp³-hybridized carbons (Fsp3) is 0.945. The fourth-order valence-electron chi connectivity index (χ4n) is 11.0. The van der Waals surface area contributed by atoms with Gasteiger partial charge in [0.25, 0.3) is 0 Å². The number of ether oxygens (including phenoxy) is 4. The first-order valence-electron chi connectivity index (χ1n) is 37.7. The van der Waals surface area contributed by atoms with Crippen LogP contribution in [0.1, 0.15) is 364 Å². The highest BCUT2D eigenvalue weighted by molar-refractivity contribution is 7.47. The maximum atomic E-state index is 13.0. The number of phosphoric ester groups is 2. The third kappa shape index (κ3) is 65.4. The molecule has 3 unspecified atom stereocenters. The van der Waals surface area contributed by atoms with E-state index in [4.69, 9.17) is 37.0 Å². The van der Waals surface area contributed by atoms with Crippen molar-refractivity contribution in [2.45, 2.75) is 382 Å². The molecule has 0 aromatic heterocycles. The monoisotopic (exact) mass is 1350 g/mol. The first-order valence-corrected chi connectivity index (χ1v) is 40.7. The molecule has 0 fully saturated rings. The largest absolute Gasteiger partial charge is 0.472 e. The number of carbonyl (C=O) groups is 4. The second kappa shape index (κ2) is 62.6. The number of phosphoric acid groups is 2. The van der Waals surface area contributed by atoms with Gasteiger partial charge in [0, 0.05) is 25.7 Å². The lowest BCUT2D eigenvalue weighted by Gasteiger charge is -2.21. The molecule has 0 aliphatic rings. The number of rotatable bonds is 70. The first-order chi connectivity index (χ1) is 44.1. The third-order valence-electron chi connectivity index (χ3n) is 17.2. The lowest BCUT2D eigenvalue weighted by atomic mass is 9.99.